The lowest BCUT2D eigenvalue weighted by atomic mass is 9.95. The number of benzene rings is 2. The summed E-state index contributed by atoms with van der Waals surface area (Å²) < 4.78 is 5.58. The van der Waals surface area contributed by atoms with E-state index in [1.54, 1.807) is 0 Å². The number of nitrogens with one attached hydrogen (secondary N) is 2. The van der Waals surface area contributed by atoms with Gasteiger partial charge in [-0.3, -0.25) is 9.59 Å². The Balaban J connectivity index is 1.39. The average molecular weight is 419 g/mol. The fourth-order valence-corrected chi connectivity index (χ4v) is 4.93. The molecule has 2 fully saturated rings. The highest BCUT2D eigenvalue weighted by atomic mass is 16.5. The molecular weight excluding hydrogens is 390 g/mol. The minimum absolute atomic E-state index is 0.107. The largest absolute Gasteiger partial charge is 0.368 e. The van der Waals surface area contributed by atoms with Crippen LogP contribution in [0.15, 0.2) is 60.8 Å². The fraction of sp³-hybridized carbons (Fsp3) is 0.360. The van der Waals surface area contributed by atoms with Crippen molar-refractivity contribution >= 4 is 22.6 Å². The van der Waals surface area contributed by atoms with Gasteiger partial charge < -0.3 is 19.5 Å². The van der Waals surface area contributed by atoms with Gasteiger partial charge in [-0.1, -0.05) is 48.5 Å². The molecule has 0 aliphatic carbocycles. The van der Waals surface area contributed by atoms with E-state index in [-0.39, 0.29) is 23.8 Å². The van der Waals surface area contributed by atoms with Gasteiger partial charge in [0.15, 0.2) is 6.04 Å². The van der Waals surface area contributed by atoms with Crippen LogP contribution in [-0.4, -0.2) is 60.5 Å². The summed E-state index contributed by atoms with van der Waals surface area (Å²) in [6.45, 7) is 3.46. The standard InChI is InChI=1S/C25H27N3O3/c29-24(20-17-26-21-10-5-4-9-19(20)21)23(18-7-2-1-3-8-18)27-12-14-28(15-13-27)25(30)22-11-6-16-31-22/h1-5,7-10,17,22-23,26H,6,11-16H2/p+1/t22-,23-/m1/s1. The SMILES string of the molecule is O=C(c1c[nH]c2ccccc12)[C@@H](c1ccccc1)[NH+]1CCN(C(=O)[C@H]2CCCO2)CC1. The molecule has 2 aliphatic heterocycles. The lowest BCUT2D eigenvalue weighted by Crippen LogP contribution is -3.15. The molecule has 1 aromatic heterocycles. The Bertz CT molecular complexity index is 1060. The number of amides is 1. The van der Waals surface area contributed by atoms with Gasteiger partial charge in [-0.2, -0.15) is 0 Å². The second-order valence-corrected chi connectivity index (χ2v) is 8.44. The van der Waals surface area contributed by atoms with Gasteiger partial charge >= 0.3 is 0 Å². The molecule has 5 rings (SSSR count). The zero-order chi connectivity index (χ0) is 21.2. The average Bonchev–Trinajstić information content (AvgIpc) is 3.50. The third-order valence-electron chi connectivity index (χ3n) is 6.58. The molecule has 2 saturated heterocycles. The van der Waals surface area contributed by atoms with Crippen molar-refractivity contribution in [2.45, 2.75) is 25.0 Å². The summed E-state index contributed by atoms with van der Waals surface area (Å²) in [5.74, 6) is 0.230. The van der Waals surface area contributed by atoms with Gasteiger partial charge in [0, 0.05) is 34.8 Å². The smallest absolute Gasteiger partial charge is 0.252 e. The highest BCUT2D eigenvalue weighted by molar-refractivity contribution is 6.10. The van der Waals surface area contributed by atoms with Crippen molar-refractivity contribution in [2.24, 2.45) is 0 Å². The molecular formula is C25H28N3O3+. The van der Waals surface area contributed by atoms with Crippen molar-refractivity contribution in [3.05, 3.63) is 71.9 Å². The zero-order valence-corrected chi connectivity index (χ0v) is 17.5. The van der Waals surface area contributed by atoms with Crippen LogP contribution in [0.25, 0.3) is 10.9 Å². The number of quaternary nitrogens is 1. The number of Topliss-reactive ketones (excluding diaryl/α,β-unsaturated/α-hetero) is 1. The van der Waals surface area contributed by atoms with Crippen molar-refractivity contribution in [3.63, 3.8) is 0 Å². The summed E-state index contributed by atoms with van der Waals surface area (Å²) in [6.07, 6.45) is 3.33. The number of carbonyl (C=O) groups is 2. The number of hydrogen-bond acceptors (Lipinski definition) is 3. The summed E-state index contributed by atoms with van der Waals surface area (Å²) >= 11 is 0. The van der Waals surface area contributed by atoms with Crippen molar-refractivity contribution in [1.29, 1.82) is 0 Å². The molecule has 3 heterocycles. The molecule has 2 N–H and O–H groups in total. The predicted molar refractivity (Wildman–Crippen MR) is 118 cm³/mol. The van der Waals surface area contributed by atoms with Gasteiger partial charge in [-0.25, -0.2) is 0 Å². The molecule has 2 atom stereocenters. The van der Waals surface area contributed by atoms with E-state index < -0.39 is 0 Å². The Morgan fingerprint density at radius 1 is 1.03 bits per heavy atom. The van der Waals surface area contributed by atoms with Gasteiger partial charge in [-0.15, -0.1) is 0 Å². The summed E-state index contributed by atoms with van der Waals surface area (Å²) in [6, 6.07) is 17.7. The van der Waals surface area contributed by atoms with Crippen molar-refractivity contribution in [2.75, 3.05) is 32.8 Å². The molecule has 0 radical (unpaired) electrons. The number of ketones is 1. The van der Waals surface area contributed by atoms with E-state index >= 15 is 0 Å². The van der Waals surface area contributed by atoms with E-state index in [0.29, 0.717) is 19.7 Å². The second kappa shape index (κ2) is 8.65. The first kappa shape index (κ1) is 20.0. The lowest BCUT2D eigenvalue weighted by Gasteiger charge is -2.36. The van der Waals surface area contributed by atoms with Crippen molar-refractivity contribution < 1.29 is 19.2 Å². The fourth-order valence-electron chi connectivity index (χ4n) is 4.93. The molecule has 0 spiro atoms. The molecule has 0 unspecified atom stereocenters. The number of H-pyrrole nitrogens is 1. The summed E-state index contributed by atoms with van der Waals surface area (Å²) in [5.41, 5.74) is 2.72. The number of para-hydroxylation sites is 1. The summed E-state index contributed by atoms with van der Waals surface area (Å²) in [5, 5.41) is 0.958. The van der Waals surface area contributed by atoms with E-state index in [0.717, 1.165) is 48.0 Å². The number of aromatic amines is 1. The molecule has 0 bridgehead atoms. The maximum Gasteiger partial charge on any atom is 0.252 e. The van der Waals surface area contributed by atoms with Crippen LogP contribution in [0.1, 0.15) is 34.8 Å². The first-order valence-corrected chi connectivity index (χ1v) is 11.1. The van der Waals surface area contributed by atoms with Crippen LogP contribution in [-0.2, 0) is 9.53 Å². The maximum absolute atomic E-state index is 13.8. The van der Waals surface area contributed by atoms with Gasteiger partial charge in [0.25, 0.3) is 5.91 Å². The molecule has 6 nitrogen and oxygen atoms in total. The number of rotatable bonds is 5. The topological polar surface area (TPSA) is 66.8 Å². The molecule has 160 valence electrons. The summed E-state index contributed by atoms with van der Waals surface area (Å²) in [4.78, 5) is 32.9. The second-order valence-electron chi connectivity index (χ2n) is 8.44. The van der Waals surface area contributed by atoms with Gasteiger partial charge in [-0.05, 0) is 18.9 Å². The van der Waals surface area contributed by atoms with Crippen LogP contribution < -0.4 is 4.90 Å². The number of nitrogens with zero attached hydrogens (tertiary/aromatic N) is 1. The Morgan fingerprint density at radius 3 is 2.52 bits per heavy atom. The number of ether oxygens (including phenoxy) is 1. The maximum atomic E-state index is 13.8. The Morgan fingerprint density at radius 2 is 1.77 bits per heavy atom. The number of fused-ring (bicyclic) bond motifs is 1. The highest BCUT2D eigenvalue weighted by Crippen LogP contribution is 2.24. The van der Waals surface area contributed by atoms with Crippen LogP contribution in [0.2, 0.25) is 0 Å². The Hall–Kier alpha value is -2.96. The van der Waals surface area contributed by atoms with Gasteiger partial charge in [0.2, 0.25) is 5.78 Å². The number of aromatic nitrogens is 1. The molecule has 1 amide bonds. The van der Waals surface area contributed by atoms with Crippen LogP contribution in [0.3, 0.4) is 0 Å². The van der Waals surface area contributed by atoms with Crippen molar-refractivity contribution in [1.82, 2.24) is 9.88 Å². The zero-order valence-electron chi connectivity index (χ0n) is 17.5. The van der Waals surface area contributed by atoms with E-state index in [1.807, 2.05) is 65.7 Å². The third-order valence-corrected chi connectivity index (χ3v) is 6.58. The summed E-state index contributed by atoms with van der Waals surface area (Å²) in [7, 11) is 0. The van der Waals surface area contributed by atoms with Crippen LogP contribution in [0.5, 0.6) is 0 Å². The third kappa shape index (κ3) is 3.89. The normalized spacial score (nSPS) is 20.8. The van der Waals surface area contributed by atoms with Crippen LogP contribution >= 0.6 is 0 Å². The lowest BCUT2D eigenvalue weighted by molar-refractivity contribution is -0.925. The van der Waals surface area contributed by atoms with E-state index in [9.17, 15) is 9.59 Å². The Kier molecular flexibility index (Phi) is 5.57. The van der Waals surface area contributed by atoms with Crippen LogP contribution in [0.4, 0.5) is 0 Å². The molecule has 3 aromatic rings. The minimum Gasteiger partial charge on any atom is -0.368 e. The molecule has 0 saturated carbocycles. The molecule has 2 aliphatic rings. The van der Waals surface area contributed by atoms with Crippen LogP contribution in [0, 0.1) is 0 Å². The highest BCUT2D eigenvalue weighted by Gasteiger charge is 2.38. The van der Waals surface area contributed by atoms with Gasteiger partial charge in [0.1, 0.15) is 6.10 Å². The minimum atomic E-state index is -0.291. The molecule has 2 aromatic carbocycles. The quantitative estimate of drug-likeness (QED) is 0.623. The Labute approximate surface area is 181 Å². The first-order chi connectivity index (χ1) is 15.2. The van der Waals surface area contributed by atoms with E-state index in [1.165, 1.54) is 4.90 Å². The monoisotopic (exact) mass is 418 g/mol. The molecule has 31 heavy (non-hydrogen) atoms. The number of carbonyl (C=O) groups excluding carboxylic acids is 2. The number of hydrogen-bond donors (Lipinski definition) is 2. The first-order valence-electron chi connectivity index (χ1n) is 11.1. The van der Waals surface area contributed by atoms with E-state index in [2.05, 4.69) is 4.98 Å². The predicted octanol–water partition coefficient (Wildman–Crippen LogP) is 2.00. The number of piperazine rings is 1. The molecule has 6 heteroatoms. The van der Waals surface area contributed by atoms with E-state index in [4.69, 9.17) is 4.74 Å². The van der Waals surface area contributed by atoms with Crippen molar-refractivity contribution in [3.8, 4) is 0 Å². The van der Waals surface area contributed by atoms with Gasteiger partial charge in [0.05, 0.1) is 26.2 Å².